The molecule has 8 heteroatoms. The highest BCUT2D eigenvalue weighted by Gasteiger charge is 2.26. The van der Waals surface area contributed by atoms with Crippen LogP contribution in [0.4, 0.5) is 16.5 Å². The van der Waals surface area contributed by atoms with Crippen molar-refractivity contribution in [3.8, 4) is 0 Å². The zero-order chi connectivity index (χ0) is 18.0. The molecule has 3 N–H and O–H groups in total. The van der Waals surface area contributed by atoms with Crippen LogP contribution in [0.5, 0.6) is 0 Å². The second kappa shape index (κ2) is 6.48. The van der Waals surface area contributed by atoms with E-state index in [-0.39, 0.29) is 6.54 Å². The van der Waals surface area contributed by atoms with Crippen molar-refractivity contribution in [2.24, 2.45) is 0 Å². The molecule has 0 aliphatic carbocycles. The van der Waals surface area contributed by atoms with Gasteiger partial charge in [0.25, 0.3) is 6.01 Å². The lowest BCUT2D eigenvalue weighted by Gasteiger charge is -2.21. The highest BCUT2D eigenvalue weighted by atomic mass is 16.4. The Morgan fingerprint density at radius 1 is 1.36 bits per heavy atom. The molecule has 0 aliphatic heterocycles. The van der Waals surface area contributed by atoms with Crippen LogP contribution in [-0.4, -0.2) is 36.8 Å². The number of rotatable bonds is 5. The summed E-state index contributed by atoms with van der Waals surface area (Å²) in [6.07, 6.45) is 1.47. The van der Waals surface area contributed by atoms with Crippen LogP contribution in [0.1, 0.15) is 12.7 Å². The van der Waals surface area contributed by atoms with E-state index in [0.717, 1.165) is 0 Å². The molecule has 0 fully saturated rings. The Bertz CT molecular complexity index is 868. The molecule has 2 aromatic heterocycles. The van der Waals surface area contributed by atoms with Crippen LogP contribution in [-0.2, 0) is 5.60 Å². The van der Waals surface area contributed by atoms with Crippen molar-refractivity contribution in [2.75, 3.05) is 30.9 Å². The van der Waals surface area contributed by atoms with Crippen LogP contribution in [0, 0.1) is 0 Å². The third-order valence-electron chi connectivity index (χ3n) is 3.66. The lowest BCUT2D eigenvalue weighted by Crippen LogP contribution is -2.40. The number of anilines is 2. The number of benzene rings is 1. The van der Waals surface area contributed by atoms with Crippen molar-refractivity contribution in [3.63, 3.8) is 0 Å². The summed E-state index contributed by atoms with van der Waals surface area (Å²) in [4.78, 5) is 18.1. The minimum absolute atomic E-state index is 0.00166. The minimum atomic E-state index is -1.30. The van der Waals surface area contributed by atoms with Gasteiger partial charge in [-0.1, -0.05) is 0 Å². The maximum absolute atomic E-state index is 12.1. The van der Waals surface area contributed by atoms with Gasteiger partial charge in [0.1, 0.15) is 16.9 Å². The summed E-state index contributed by atoms with van der Waals surface area (Å²) >= 11 is 0. The number of urea groups is 1. The van der Waals surface area contributed by atoms with E-state index >= 15 is 0 Å². The molecule has 0 saturated heterocycles. The summed E-state index contributed by atoms with van der Waals surface area (Å²) in [5.41, 5.74) is 0.541. The number of fused-ring (bicyclic) bond motifs is 1. The highest BCUT2D eigenvalue weighted by molar-refractivity contribution is 5.91. The summed E-state index contributed by atoms with van der Waals surface area (Å²) in [7, 11) is 3.67. The number of nitrogens with one attached hydrogen (secondary N) is 2. The number of hydrogen-bond acceptors (Lipinski definition) is 6. The Morgan fingerprint density at radius 2 is 2.16 bits per heavy atom. The Kier molecular flexibility index (Phi) is 4.37. The van der Waals surface area contributed by atoms with E-state index < -0.39 is 11.6 Å². The van der Waals surface area contributed by atoms with E-state index in [1.807, 2.05) is 14.1 Å². The minimum Gasteiger partial charge on any atom is -0.466 e. The highest BCUT2D eigenvalue weighted by Crippen LogP contribution is 2.24. The summed E-state index contributed by atoms with van der Waals surface area (Å²) in [6, 6.07) is 8.57. The third kappa shape index (κ3) is 3.74. The molecule has 3 rings (SSSR count). The lowest BCUT2D eigenvalue weighted by atomic mass is 10.0. The maximum atomic E-state index is 12.1. The molecule has 0 saturated carbocycles. The lowest BCUT2D eigenvalue weighted by molar-refractivity contribution is 0.0372. The van der Waals surface area contributed by atoms with Crippen LogP contribution in [0.3, 0.4) is 0 Å². The monoisotopic (exact) mass is 344 g/mol. The molecule has 0 spiro atoms. The topological polar surface area (TPSA) is 104 Å². The van der Waals surface area contributed by atoms with E-state index in [9.17, 15) is 9.90 Å². The number of furan rings is 1. The van der Waals surface area contributed by atoms with Crippen molar-refractivity contribution >= 4 is 28.8 Å². The molecule has 2 heterocycles. The van der Waals surface area contributed by atoms with Gasteiger partial charge in [-0.3, -0.25) is 0 Å². The van der Waals surface area contributed by atoms with E-state index in [2.05, 4.69) is 15.6 Å². The first-order valence-corrected chi connectivity index (χ1v) is 7.74. The van der Waals surface area contributed by atoms with E-state index in [1.165, 1.54) is 6.26 Å². The standard InChI is InChI=1S/C17H20N4O4/c1-17(23,14-5-4-8-24-14)10-18-15(22)19-11-6-7-12-13(9-11)25-16(20-12)21(2)3/h4-9,23H,10H2,1-3H3,(H2,18,19,22). The van der Waals surface area contributed by atoms with Gasteiger partial charge >= 0.3 is 6.03 Å². The van der Waals surface area contributed by atoms with Gasteiger partial charge < -0.3 is 29.5 Å². The SMILES string of the molecule is CN(C)c1nc2ccc(NC(=O)NCC(C)(O)c3ccco3)cc2o1. The largest absolute Gasteiger partial charge is 0.466 e. The Labute approximate surface area is 144 Å². The van der Waals surface area contributed by atoms with Crippen LogP contribution in [0.2, 0.25) is 0 Å². The number of aromatic nitrogens is 1. The molecule has 8 nitrogen and oxygen atoms in total. The molecular weight excluding hydrogens is 324 g/mol. The zero-order valence-electron chi connectivity index (χ0n) is 14.2. The molecule has 25 heavy (non-hydrogen) atoms. The van der Waals surface area contributed by atoms with E-state index in [0.29, 0.717) is 28.6 Å². The van der Waals surface area contributed by atoms with E-state index in [4.69, 9.17) is 8.83 Å². The summed E-state index contributed by atoms with van der Waals surface area (Å²) in [5, 5.41) is 15.6. The van der Waals surface area contributed by atoms with Crippen LogP contribution in [0.15, 0.2) is 45.4 Å². The number of oxazole rings is 1. The number of amides is 2. The molecule has 0 bridgehead atoms. The van der Waals surface area contributed by atoms with Gasteiger partial charge in [0.15, 0.2) is 5.58 Å². The predicted molar refractivity (Wildman–Crippen MR) is 93.6 cm³/mol. The second-order valence-electron chi connectivity index (χ2n) is 6.13. The predicted octanol–water partition coefficient (Wildman–Crippen LogP) is 2.52. The van der Waals surface area contributed by atoms with Gasteiger partial charge in [0, 0.05) is 25.8 Å². The second-order valence-corrected chi connectivity index (χ2v) is 6.13. The van der Waals surface area contributed by atoms with Gasteiger partial charge in [-0.05, 0) is 31.2 Å². The van der Waals surface area contributed by atoms with Crippen molar-refractivity contribution in [3.05, 3.63) is 42.4 Å². The number of carbonyl (C=O) groups excluding carboxylic acids is 1. The van der Waals surface area contributed by atoms with Crippen LogP contribution in [0.25, 0.3) is 11.1 Å². The average Bonchev–Trinajstić information content (AvgIpc) is 3.22. The molecule has 0 radical (unpaired) electrons. The van der Waals surface area contributed by atoms with Gasteiger partial charge in [0.05, 0.1) is 12.8 Å². The molecule has 1 unspecified atom stereocenters. The molecular formula is C17H20N4O4. The normalized spacial score (nSPS) is 13.4. The molecule has 0 aliphatic rings. The Morgan fingerprint density at radius 3 is 2.84 bits per heavy atom. The fourth-order valence-corrected chi connectivity index (χ4v) is 2.28. The third-order valence-corrected chi connectivity index (χ3v) is 3.66. The quantitative estimate of drug-likeness (QED) is 0.657. The number of aliphatic hydroxyl groups is 1. The van der Waals surface area contributed by atoms with Gasteiger partial charge in [-0.25, -0.2) is 4.79 Å². The molecule has 132 valence electrons. The first-order chi connectivity index (χ1) is 11.8. The van der Waals surface area contributed by atoms with E-state index in [1.54, 1.807) is 42.2 Å². The fourth-order valence-electron chi connectivity index (χ4n) is 2.28. The van der Waals surface area contributed by atoms with Gasteiger partial charge in [-0.2, -0.15) is 4.98 Å². The van der Waals surface area contributed by atoms with Crippen molar-refractivity contribution in [1.29, 1.82) is 0 Å². The van der Waals surface area contributed by atoms with Gasteiger partial charge in [-0.15, -0.1) is 0 Å². The van der Waals surface area contributed by atoms with Gasteiger partial charge in [0.2, 0.25) is 0 Å². The molecule has 1 aromatic carbocycles. The van der Waals surface area contributed by atoms with Crippen LogP contribution >= 0.6 is 0 Å². The summed E-state index contributed by atoms with van der Waals surface area (Å²) in [6.45, 7) is 1.57. The van der Waals surface area contributed by atoms with Crippen molar-refractivity contribution < 1.29 is 18.7 Å². The Balaban J connectivity index is 1.63. The first kappa shape index (κ1) is 16.8. The molecule has 2 amide bonds. The Hall–Kier alpha value is -3.00. The fraction of sp³-hybridized carbons (Fsp3) is 0.294. The zero-order valence-corrected chi connectivity index (χ0v) is 14.2. The molecule has 3 aromatic rings. The number of carbonyl (C=O) groups is 1. The maximum Gasteiger partial charge on any atom is 0.319 e. The smallest absolute Gasteiger partial charge is 0.319 e. The number of hydrogen-bond donors (Lipinski definition) is 3. The van der Waals surface area contributed by atoms with Crippen molar-refractivity contribution in [2.45, 2.75) is 12.5 Å². The first-order valence-electron chi connectivity index (χ1n) is 7.74. The molecule has 1 atom stereocenters. The number of nitrogens with zero attached hydrogens (tertiary/aromatic N) is 2. The van der Waals surface area contributed by atoms with Crippen LogP contribution < -0.4 is 15.5 Å². The van der Waals surface area contributed by atoms with Crippen molar-refractivity contribution in [1.82, 2.24) is 10.3 Å². The summed E-state index contributed by atoms with van der Waals surface area (Å²) in [5.74, 6) is 0.382. The average molecular weight is 344 g/mol. The summed E-state index contributed by atoms with van der Waals surface area (Å²) < 4.78 is 10.8.